The number of carbonyl (C=O) groups is 3. The fraction of sp³-hybridized carbons (Fsp3) is 0.746. The Kier molecular flexibility index (Phi) is 50.9. The Morgan fingerprint density at radius 2 is 0.600 bits per heavy atom. The maximum atomic E-state index is 12.8. The molecular weight excluding hydrogens is 805 g/mol. The molecule has 6 nitrogen and oxygen atoms in total. The van der Waals surface area contributed by atoms with E-state index < -0.39 is 6.10 Å². The number of carbonyl (C=O) groups excluding carboxylic acids is 3. The molecule has 0 rings (SSSR count). The zero-order valence-electron chi connectivity index (χ0n) is 42.7. The number of unbranched alkanes of at least 4 members (excludes halogenated alkanes) is 26. The van der Waals surface area contributed by atoms with Crippen molar-refractivity contribution in [2.45, 2.75) is 271 Å². The topological polar surface area (TPSA) is 78.9 Å². The van der Waals surface area contributed by atoms with Crippen LogP contribution in [0.1, 0.15) is 265 Å². The predicted octanol–water partition coefficient (Wildman–Crippen LogP) is 18.2. The van der Waals surface area contributed by atoms with Crippen LogP contribution in [0.5, 0.6) is 0 Å². The van der Waals surface area contributed by atoms with Crippen LogP contribution < -0.4 is 0 Å². The maximum Gasteiger partial charge on any atom is 0.306 e. The van der Waals surface area contributed by atoms with Gasteiger partial charge in [0.2, 0.25) is 0 Å². The van der Waals surface area contributed by atoms with Crippen LogP contribution in [0.4, 0.5) is 0 Å². The van der Waals surface area contributed by atoms with Crippen LogP contribution in [0.2, 0.25) is 0 Å². The summed E-state index contributed by atoms with van der Waals surface area (Å²) in [6, 6.07) is 0. The van der Waals surface area contributed by atoms with Gasteiger partial charge in [0.15, 0.2) is 6.10 Å². The fourth-order valence-electron chi connectivity index (χ4n) is 7.54. The van der Waals surface area contributed by atoms with E-state index in [0.717, 1.165) is 109 Å². The fourth-order valence-corrected chi connectivity index (χ4v) is 7.54. The van der Waals surface area contributed by atoms with E-state index in [1.165, 1.54) is 116 Å². The first kappa shape index (κ1) is 61.9. The lowest BCUT2D eigenvalue weighted by Gasteiger charge is -2.18. The molecule has 1 atom stereocenters. The van der Waals surface area contributed by atoms with E-state index in [1.54, 1.807) is 0 Å². The molecule has 0 saturated carbocycles. The summed E-state index contributed by atoms with van der Waals surface area (Å²) in [7, 11) is 0. The normalized spacial score (nSPS) is 12.6. The van der Waals surface area contributed by atoms with Crippen LogP contribution in [-0.2, 0) is 28.6 Å². The van der Waals surface area contributed by atoms with Crippen molar-refractivity contribution >= 4 is 17.9 Å². The average molecular weight is 907 g/mol. The highest BCUT2D eigenvalue weighted by Gasteiger charge is 2.19. The monoisotopic (exact) mass is 907 g/mol. The second kappa shape index (κ2) is 53.5. The molecule has 0 aromatic carbocycles. The molecule has 0 amide bonds. The van der Waals surface area contributed by atoms with Gasteiger partial charge < -0.3 is 14.2 Å². The van der Waals surface area contributed by atoms with E-state index in [-0.39, 0.29) is 31.1 Å². The highest BCUT2D eigenvalue weighted by molar-refractivity contribution is 5.71. The molecule has 0 radical (unpaired) electrons. The van der Waals surface area contributed by atoms with Crippen molar-refractivity contribution in [2.24, 2.45) is 0 Å². The first-order valence-electron chi connectivity index (χ1n) is 27.4. The number of ether oxygens (including phenoxy) is 3. The number of esters is 3. The smallest absolute Gasteiger partial charge is 0.306 e. The molecule has 0 N–H and O–H groups in total. The molecule has 0 aromatic rings. The van der Waals surface area contributed by atoms with Crippen LogP contribution >= 0.6 is 0 Å². The molecule has 0 aliphatic heterocycles. The van der Waals surface area contributed by atoms with Crippen LogP contribution in [-0.4, -0.2) is 37.2 Å². The SMILES string of the molecule is CC/C=C\C/C=C\C/C=C\CCCCCCCC(=O)OC[C@H](COC(=O)CCCCCCCCC/C=C\C/C=C\CCCCC)OC(=O)CCCCCCCCC/C=C\CCCCCC. The second-order valence-electron chi connectivity index (χ2n) is 18.1. The third-order valence-corrected chi connectivity index (χ3v) is 11.7. The van der Waals surface area contributed by atoms with E-state index in [4.69, 9.17) is 14.2 Å². The molecule has 0 bridgehead atoms. The molecule has 65 heavy (non-hydrogen) atoms. The third-order valence-electron chi connectivity index (χ3n) is 11.7. The summed E-state index contributed by atoms with van der Waals surface area (Å²) < 4.78 is 16.8. The molecule has 0 aromatic heterocycles. The Morgan fingerprint density at radius 3 is 0.985 bits per heavy atom. The van der Waals surface area contributed by atoms with Crippen molar-refractivity contribution in [3.05, 3.63) is 72.9 Å². The molecule has 0 spiro atoms. The summed E-state index contributed by atoms with van der Waals surface area (Å²) in [5, 5.41) is 0. The molecule has 374 valence electrons. The lowest BCUT2D eigenvalue weighted by molar-refractivity contribution is -0.167. The molecule has 0 fully saturated rings. The Labute approximate surface area is 402 Å². The summed E-state index contributed by atoms with van der Waals surface area (Å²) >= 11 is 0. The highest BCUT2D eigenvalue weighted by Crippen LogP contribution is 2.14. The van der Waals surface area contributed by atoms with Crippen molar-refractivity contribution in [1.29, 1.82) is 0 Å². The second-order valence-corrected chi connectivity index (χ2v) is 18.1. The van der Waals surface area contributed by atoms with Crippen molar-refractivity contribution in [1.82, 2.24) is 0 Å². The van der Waals surface area contributed by atoms with Crippen molar-refractivity contribution in [3.8, 4) is 0 Å². The zero-order chi connectivity index (χ0) is 47.2. The Hall–Kier alpha value is -3.15. The molecular formula is C59H102O6. The van der Waals surface area contributed by atoms with Crippen LogP contribution in [0.3, 0.4) is 0 Å². The lowest BCUT2D eigenvalue weighted by Crippen LogP contribution is -2.30. The van der Waals surface area contributed by atoms with Crippen LogP contribution in [0, 0.1) is 0 Å². The summed E-state index contributed by atoms with van der Waals surface area (Å²) in [4.78, 5) is 38.1. The van der Waals surface area contributed by atoms with Gasteiger partial charge in [0.05, 0.1) is 0 Å². The van der Waals surface area contributed by atoms with Crippen molar-refractivity contribution < 1.29 is 28.6 Å². The average Bonchev–Trinajstić information content (AvgIpc) is 3.30. The summed E-state index contributed by atoms with van der Waals surface area (Å²) in [5.41, 5.74) is 0. The first-order chi connectivity index (χ1) is 32.0. The van der Waals surface area contributed by atoms with E-state index >= 15 is 0 Å². The molecule has 0 heterocycles. The third kappa shape index (κ3) is 51.7. The molecule has 0 aliphatic carbocycles. The largest absolute Gasteiger partial charge is 0.462 e. The standard InChI is InChI=1S/C59H102O6/c1-4-7-10-13-16-19-22-25-28-29-32-34-37-40-43-46-49-52-58(61)64-55-56(65-59(62)53-50-47-44-41-38-35-31-27-24-21-18-15-12-9-6-3)54-63-57(60)51-48-45-42-39-36-33-30-26-23-20-17-14-11-8-5-2/h8,11,16-17,19-21,24-26,28,30,56H,4-7,9-10,12-15,18,22-23,27,29,31-55H2,1-3H3/b11-8-,19-16-,20-17-,24-21-,28-25-,30-26-/t56-/m1/s1. The minimum Gasteiger partial charge on any atom is -0.462 e. The highest BCUT2D eigenvalue weighted by atomic mass is 16.6. The molecule has 0 aliphatic rings. The van der Waals surface area contributed by atoms with E-state index in [9.17, 15) is 14.4 Å². The van der Waals surface area contributed by atoms with Gasteiger partial charge in [0.25, 0.3) is 0 Å². The Balaban J connectivity index is 4.42. The summed E-state index contributed by atoms with van der Waals surface area (Å²) in [6.07, 6.45) is 67.4. The zero-order valence-corrected chi connectivity index (χ0v) is 42.7. The van der Waals surface area contributed by atoms with E-state index in [0.29, 0.717) is 19.3 Å². The predicted molar refractivity (Wildman–Crippen MR) is 279 cm³/mol. The van der Waals surface area contributed by atoms with Crippen LogP contribution in [0.15, 0.2) is 72.9 Å². The van der Waals surface area contributed by atoms with Gasteiger partial charge in [-0.25, -0.2) is 0 Å². The summed E-state index contributed by atoms with van der Waals surface area (Å²) in [6.45, 7) is 6.48. The maximum absolute atomic E-state index is 12.8. The van der Waals surface area contributed by atoms with E-state index in [2.05, 4.69) is 93.7 Å². The van der Waals surface area contributed by atoms with Gasteiger partial charge in [0.1, 0.15) is 13.2 Å². The lowest BCUT2D eigenvalue weighted by atomic mass is 10.1. The van der Waals surface area contributed by atoms with Gasteiger partial charge in [-0.05, 0) is 109 Å². The summed E-state index contributed by atoms with van der Waals surface area (Å²) in [5.74, 6) is -0.911. The van der Waals surface area contributed by atoms with Gasteiger partial charge in [-0.15, -0.1) is 0 Å². The Morgan fingerprint density at radius 1 is 0.323 bits per heavy atom. The number of hydrogen-bond donors (Lipinski definition) is 0. The number of rotatable bonds is 49. The first-order valence-corrected chi connectivity index (χ1v) is 27.4. The van der Waals surface area contributed by atoms with Gasteiger partial charge in [0, 0.05) is 19.3 Å². The van der Waals surface area contributed by atoms with Gasteiger partial charge in [-0.1, -0.05) is 209 Å². The van der Waals surface area contributed by atoms with Crippen LogP contribution in [0.25, 0.3) is 0 Å². The van der Waals surface area contributed by atoms with Gasteiger partial charge >= 0.3 is 17.9 Å². The number of allylic oxidation sites excluding steroid dienone is 12. The molecule has 0 saturated heterocycles. The minimum absolute atomic E-state index is 0.0867. The minimum atomic E-state index is -0.788. The Bertz CT molecular complexity index is 1230. The van der Waals surface area contributed by atoms with Crippen molar-refractivity contribution in [2.75, 3.05) is 13.2 Å². The molecule has 6 heteroatoms. The van der Waals surface area contributed by atoms with E-state index in [1.807, 2.05) is 0 Å². The quantitative estimate of drug-likeness (QED) is 0.0262. The number of hydrogen-bond acceptors (Lipinski definition) is 6. The van der Waals surface area contributed by atoms with Crippen molar-refractivity contribution in [3.63, 3.8) is 0 Å². The van der Waals surface area contributed by atoms with Gasteiger partial charge in [-0.2, -0.15) is 0 Å². The van der Waals surface area contributed by atoms with Gasteiger partial charge in [-0.3, -0.25) is 14.4 Å². The molecule has 0 unspecified atom stereocenters.